The number of hydrogen-bond acceptors (Lipinski definition) is 4. The zero-order valence-corrected chi connectivity index (χ0v) is 17.4. The molecule has 0 saturated heterocycles. The predicted molar refractivity (Wildman–Crippen MR) is 114 cm³/mol. The fourth-order valence-electron chi connectivity index (χ4n) is 3.05. The largest absolute Gasteiger partial charge is 0.495 e. The first-order chi connectivity index (χ1) is 13.9. The number of likely N-dealkylation sites (N-methyl/N-ethyl adjacent to an activating group) is 1. The molecule has 0 aliphatic rings. The Bertz CT molecular complexity index is 1040. The van der Waals surface area contributed by atoms with E-state index in [1.165, 1.54) is 17.6 Å². The lowest BCUT2D eigenvalue weighted by molar-refractivity contribution is -0.132. The number of carbonyl (C=O) groups is 2. The molecule has 0 radical (unpaired) electrons. The Kier molecular flexibility index (Phi) is 6.44. The van der Waals surface area contributed by atoms with Crippen LogP contribution < -0.4 is 10.1 Å². The second-order valence-electron chi connectivity index (χ2n) is 6.76. The molecule has 6 nitrogen and oxygen atoms in total. The first-order valence-corrected chi connectivity index (χ1v) is 9.65. The molecule has 2 aromatic carbocycles. The summed E-state index contributed by atoms with van der Waals surface area (Å²) in [4.78, 5) is 26.4. The monoisotopic (exact) mass is 414 g/mol. The summed E-state index contributed by atoms with van der Waals surface area (Å²) in [5.41, 5.74) is 3.20. The molecule has 0 aliphatic carbocycles. The Morgan fingerprint density at radius 3 is 2.72 bits per heavy atom. The van der Waals surface area contributed by atoms with Crippen molar-refractivity contribution in [2.24, 2.45) is 0 Å². The number of carbonyl (C=O) groups excluding carboxylic acids is 2. The van der Waals surface area contributed by atoms with E-state index in [2.05, 4.69) is 12.2 Å². The van der Waals surface area contributed by atoms with Crippen molar-refractivity contribution < 1.29 is 18.7 Å². The second kappa shape index (κ2) is 9.01. The Morgan fingerprint density at radius 2 is 2.00 bits per heavy atom. The van der Waals surface area contributed by atoms with E-state index in [1.807, 2.05) is 18.2 Å². The van der Waals surface area contributed by atoms with Crippen LogP contribution in [0.25, 0.3) is 11.0 Å². The summed E-state index contributed by atoms with van der Waals surface area (Å²) in [5.74, 6) is -0.0282. The maximum atomic E-state index is 12.6. The normalized spacial score (nSPS) is 10.8. The maximum absolute atomic E-state index is 12.6. The molecule has 0 spiro atoms. The topological polar surface area (TPSA) is 71.8 Å². The first kappa shape index (κ1) is 20.7. The van der Waals surface area contributed by atoms with Crippen molar-refractivity contribution >= 4 is 40.1 Å². The Morgan fingerprint density at radius 1 is 1.21 bits per heavy atom. The molecule has 0 aliphatic heterocycles. The van der Waals surface area contributed by atoms with Crippen molar-refractivity contribution in [3.63, 3.8) is 0 Å². The molecule has 0 saturated carbocycles. The van der Waals surface area contributed by atoms with Crippen LogP contribution >= 0.6 is 11.6 Å². The summed E-state index contributed by atoms with van der Waals surface area (Å²) in [6.07, 6.45) is 2.68. The van der Waals surface area contributed by atoms with Crippen LogP contribution in [0, 0.1) is 0 Å². The van der Waals surface area contributed by atoms with Gasteiger partial charge in [0.05, 0.1) is 32.0 Å². The number of hydrogen-bond donors (Lipinski definition) is 1. The number of nitrogens with zero attached hydrogens (tertiary/aromatic N) is 1. The molecule has 0 atom stereocenters. The molecule has 0 fully saturated rings. The number of ether oxygens (including phenoxy) is 1. The standard InChI is InChI=1S/C22H23ClN2O4/c1-4-14-5-7-17-15(13-29-20(17)9-14)10-22(27)25(2)12-21(26)24-18-11-16(23)6-8-19(18)28-3/h5-9,11,13H,4,10,12H2,1-3H3,(H,24,26). The molecular weight excluding hydrogens is 392 g/mol. The van der Waals surface area contributed by atoms with Crippen LogP contribution in [0.5, 0.6) is 5.75 Å². The average molecular weight is 415 g/mol. The van der Waals surface area contributed by atoms with Crippen LogP contribution in [0.15, 0.2) is 47.1 Å². The smallest absolute Gasteiger partial charge is 0.244 e. The van der Waals surface area contributed by atoms with Gasteiger partial charge in [0.2, 0.25) is 11.8 Å². The molecule has 1 heterocycles. The van der Waals surface area contributed by atoms with E-state index in [4.69, 9.17) is 20.8 Å². The highest BCUT2D eigenvalue weighted by Crippen LogP contribution is 2.27. The van der Waals surface area contributed by atoms with Gasteiger partial charge in [0.15, 0.2) is 0 Å². The van der Waals surface area contributed by atoms with Gasteiger partial charge in [-0.15, -0.1) is 0 Å². The molecular formula is C22H23ClN2O4. The van der Waals surface area contributed by atoms with Crippen molar-refractivity contribution in [2.45, 2.75) is 19.8 Å². The second-order valence-corrected chi connectivity index (χ2v) is 7.20. The minimum atomic E-state index is -0.342. The SMILES string of the molecule is CCc1ccc2c(CC(=O)N(C)CC(=O)Nc3cc(Cl)ccc3OC)coc2c1. The summed E-state index contributed by atoms with van der Waals surface area (Å²) in [5, 5.41) is 4.12. The van der Waals surface area contributed by atoms with Gasteiger partial charge in [0, 0.05) is 23.0 Å². The predicted octanol–water partition coefficient (Wildman–Crippen LogP) is 4.30. The third kappa shape index (κ3) is 4.90. The number of anilines is 1. The number of aryl methyl sites for hydroxylation is 1. The molecule has 1 aromatic heterocycles. The lowest BCUT2D eigenvalue weighted by Crippen LogP contribution is -2.35. The summed E-state index contributed by atoms with van der Waals surface area (Å²) >= 11 is 5.98. The van der Waals surface area contributed by atoms with Gasteiger partial charge in [-0.25, -0.2) is 0 Å². The average Bonchev–Trinajstić information content (AvgIpc) is 3.09. The van der Waals surface area contributed by atoms with Crippen LogP contribution in [0.1, 0.15) is 18.1 Å². The highest BCUT2D eigenvalue weighted by Gasteiger charge is 2.17. The zero-order chi connectivity index (χ0) is 21.0. The first-order valence-electron chi connectivity index (χ1n) is 9.27. The van der Waals surface area contributed by atoms with Gasteiger partial charge in [0.25, 0.3) is 0 Å². The molecule has 1 N–H and O–H groups in total. The fraction of sp³-hybridized carbons (Fsp3) is 0.273. The molecule has 3 rings (SSSR count). The van der Waals surface area contributed by atoms with Crippen molar-refractivity contribution in [3.05, 3.63) is 58.8 Å². The van der Waals surface area contributed by atoms with Crippen LogP contribution in [0.4, 0.5) is 5.69 Å². The van der Waals surface area contributed by atoms with E-state index in [-0.39, 0.29) is 24.8 Å². The van der Waals surface area contributed by atoms with E-state index in [0.717, 1.165) is 23.0 Å². The highest BCUT2D eigenvalue weighted by molar-refractivity contribution is 6.31. The molecule has 0 bridgehead atoms. The van der Waals surface area contributed by atoms with Gasteiger partial charge in [-0.05, 0) is 36.2 Å². The summed E-state index contributed by atoms with van der Waals surface area (Å²) < 4.78 is 10.8. The maximum Gasteiger partial charge on any atom is 0.244 e. The summed E-state index contributed by atoms with van der Waals surface area (Å²) in [6.45, 7) is 1.98. The lowest BCUT2D eigenvalue weighted by atomic mass is 10.1. The van der Waals surface area contributed by atoms with Gasteiger partial charge < -0.3 is 19.4 Å². The van der Waals surface area contributed by atoms with Crippen molar-refractivity contribution in [3.8, 4) is 5.75 Å². The van der Waals surface area contributed by atoms with Gasteiger partial charge in [-0.3, -0.25) is 9.59 Å². The van der Waals surface area contributed by atoms with E-state index < -0.39 is 0 Å². The van der Waals surface area contributed by atoms with E-state index in [0.29, 0.717) is 16.5 Å². The van der Waals surface area contributed by atoms with Crippen LogP contribution in [0.2, 0.25) is 5.02 Å². The quantitative estimate of drug-likeness (QED) is 0.625. The number of fused-ring (bicyclic) bond motifs is 1. The van der Waals surface area contributed by atoms with Crippen LogP contribution in [-0.2, 0) is 22.4 Å². The van der Waals surface area contributed by atoms with Gasteiger partial charge in [0.1, 0.15) is 11.3 Å². The Hall–Kier alpha value is -2.99. The summed E-state index contributed by atoms with van der Waals surface area (Å²) in [7, 11) is 3.10. The number of amides is 2. The van der Waals surface area contributed by atoms with Gasteiger partial charge in [-0.2, -0.15) is 0 Å². The molecule has 0 unspecified atom stereocenters. The molecule has 152 valence electrons. The number of furan rings is 1. The zero-order valence-electron chi connectivity index (χ0n) is 16.6. The van der Waals surface area contributed by atoms with E-state index >= 15 is 0 Å². The van der Waals surface area contributed by atoms with E-state index in [1.54, 1.807) is 31.5 Å². The Balaban J connectivity index is 1.63. The van der Waals surface area contributed by atoms with Crippen molar-refractivity contribution in [2.75, 3.05) is 26.0 Å². The number of nitrogens with one attached hydrogen (secondary N) is 1. The third-order valence-corrected chi connectivity index (χ3v) is 4.95. The molecule has 2 amide bonds. The molecule has 7 heteroatoms. The third-order valence-electron chi connectivity index (χ3n) is 4.71. The van der Waals surface area contributed by atoms with Gasteiger partial charge >= 0.3 is 0 Å². The van der Waals surface area contributed by atoms with Crippen molar-refractivity contribution in [1.29, 1.82) is 0 Å². The van der Waals surface area contributed by atoms with Crippen molar-refractivity contribution in [1.82, 2.24) is 4.90 Å². The number of methoxy groups -OCH3 is 1. The number of rotatable bonds is 7. The van der Waals surface area contributed by atoms with Crippen LogP contribution in [-0.4, -0.2) is 37.4 Å². The molecule has 29 heavy (non-hydrogen) atoms. The fourth-order valence-corrected chi connectivity index (χ4v) is 3.23. The highest BCUT2D eigenvalue weighted by atomic mass is 35.5. The van der Waals surface area contributed by atoms with Gasteiger partial charge in [-0.1, -0.05) is 30.7 Å². The minimum absolute atomic E-state index is 0.0930. The van der Waals surface area contributed by atoms with Crippen LogP contribution in [0.3, 0.4) is 0 Å². The number of benzene rings is 2. The van der Waals surface area contributed by atoms with E-state index in [9.17, 15) is 9.59 Å². The minimum Gasteiger partial charge on any atom is -0.495 e. The Labute approximate surface area is 174 Å². The molecule has 3 aromatic rings. The summed E-state index contributed by atoms with van der Waals surface area (Å²) in [6, 6.07) is 10.9. The lowest BCUT2D eigenvalue weighted by Gasteiger charge is -2.17. The number of halogens is 1.